The fourth-order valence-electron chi connectivity index (χ4n) is 1.45. The first kappa shape index (κ1) is 14.9. The molecule has 0 saturated heterocycles. The van der Waals surface area contributed by atoms with E-state index in [1.807, 2.05) is 0 Å². The Hall–Kier alpha value is -1.48. The molecule has 0 fully saturated rings. The molecule has 2 aromatic rings. The number of aliphatic carboxylic acids is 1. The predicted molar refractivity (Wildman–Crippen MR) is 79.3 cm³/mol. The number of thiophene rings is 2. The second-order valence-corrected chi connectivity index (χ2v) is 7.67. The molecule has 0 atom stereocenters. The van der Waals surface area contributed by atoms with Crippen LogP contribution in [0.3, 0.4) is 0 Å². The minimum Gasteiger partial charge on any atom is -0.478 e. The van der Waals surface area contributed by atoms with E-state index >= 15 is 0 Å². The average molecular weight is 329 g/mol. The lowest BCUT2D eigenvalue weighted by Gasteiger charge is -2.04. The van der Waals surface area contributed by atoms with Crippen LogP contribution in [0.5, 0.6) is 0 Å². The molecule has 0 aromatic carbocycles. The van der Waals surface area contributed by atoms with Gasteiger partial charge in [-0.1, -0.05) is 6.07 Å². The third-order valence-corrected chi connectivity index (χ3v) is 6.10. The van der Waals surface area contributed by atoms with Crippen LogP contribution >= 0.6 is 22.7 Å². The Balaban J connectivity index is 2.09. The summed E-state index contributed by atoms with van der Waals surface area (Å²) in [6, 6.07) is 4.96. The first-order valence-corrected chi connectivity index (χ1v) is 8.74. The SMILES string of the molecule is O=C(O)/C=C/c1ccsc1CNS(=O)(=O)c1cccs1. The van der Waals surface area contributed by atoms with Crippen molar-refractivity contribution in [2.75, 3.05) is 0 Å². The highest BCUT2D eigenvalue weighted by Crippen LogP contribution is 2.20. The van der Waals surface area contributed by atoms with Crippen LogP contribution in [0.4, 0.5) is 0 Å². The number of carbonyl (C=O) groups is 1. The van der Waals surface area contributed by atoms with Crippen LogP contribution in [-0.4, -0.2) is 19.5 Å². The Kier molecular flexibility index (Phi) is 4.71. The van der Waals surface area contributed by atoms with Gasteiger partial charge in [0, 0.05) is 17.5 Å². The van der Waals surface area contributed by atoms with Gasteiger partial charge in [-0.25, -0.2) is 17.9 Å². The Bertz CT molecular complexity index is 714. The van der Waals surface area contributed by atoms with Crippen LogP contribution in [0, 0.1) is 0 Å². The van der Waals surface area contributed by atoms with Crippen molar-refractivity contribution in [3.05, 3.63) is 45.5 Å². The standard InChI is InChI=1S/C12H11NO4S3/c14-11(15)4-3-9-5-7-18-10(9)8-13-20(16,17)12-2-1-6-19-12/h1-7,13H,8H2,(H,14,15)/b4-3+. The lowest BCUT2D eigenvalue weighted by Crippen LogP contribution is -2.22. The molecular weight excluding hydrogens is 318 g/mol. The Morgan fingerprint density at radius 3 is 2.75 bits per heavy atom. The molecule has 20 heavy (non-hydrogen) atoms. The van der Waals surface area contributed by atoms with Crippen molar-refractivity contribution >= 4 is 44.7 Å². The van der Waals surface area contributed by atoms with Gasteiger partial charge in [0.25, 0.3) is 0 Å². The van der Waals surface area contributed by atoms with Crippen molar-refractivity contribution in [3.63, 3.8) is 0 Å². The van der Waals surface area contributed by atoms with Crippen LogP contribution < -0.4 is 4.72 Å². The van der Waals surface area contributed by atoms with Crippen LogP contribution in [0.25, 0.3) is 6.08 Å². The van der Waals surface area contributed by atoms with E-state index in [9.17, 15) is 13.2 Å². The van der Waals surface area contributed by atoms with E-state index in [0.717, 1.165) is 22.3 Å². The highest BCUT2D eigenvalue weighted by atomic mass is 32.2. The van der Waals surface area contributed by atoms with Gasteiger partial charge in [0.05, 0.1) is 0 Å². The summed E-state index contributed by atoms with van der Waals surface area (Å²) >= 11 is 2.52. The van der Waals surface area contributed by atoms with E-state index < -0.39 is 16.0 Å². The number of sulfonamides is 1. The van der Waals surface area contributed by atoms with Gasteiger partial charge in [0.2, 0.25) is 10.0 Å². The van der Waals surface area contributed by atoms with Crippen molar-refractivity contribution in [2.45, 2.75) is 10.8 Å². The summed E-state index contributed by atoms with van der Waals surface area (Å²) in [7, 11) is -3.51. The van der Waals surface area contributed by atoms with E-state index in [0.29, 0.717) is 5.56 Å². The molecule has 0 bridgehead atoms. The molecule has 106 valence electrons. The molecule has 0 radical (unpaired) electrons. The zero-order chi connectivity index (χ0) is 14.6. The van der Waals surface area contributed by atoms with Crippen molar-refractivity contribution in [1.29, 1.82) is 0 Å². The number of carboxylic acid groups (broad SMARTS) is 1. The van der Waals surface area contributed by atoms with Gasteiger partial charge >= 0.3 is 5.97 Å². The number of rotatable bonds is 6. The summed E-state index contributed by atoms with van der Waals surface area (Å²) in [5, 5.41) is 12.1. The molecule has 0 aliphatic carbocycles. The van der Waals surface area contributed by atoms with Gasteiger partial charge in [0.1, 0.15) is 4.21 Å². The zero-order valence-electron chi connectivity index (χ0n) is 10.1. The predicted octanol–water partition coefficient (Wildman–Crippen LogP) is 2.39. The van der Waals surface area contributed by atoms with Gasteiger partial charge in [0.15, 0.2) is 0 Å². The third-order valence-electron chi connectivity index (χ3n) is 2.37. The highest BCUT2D eigenvalue weighted by Gasteiger charge is 2.15. The third kappa shape index (κ3) is 3.76. The fraction of sp³-hybridized carbons (Fsp3) is 0.0833. The number of hydrogen-bond donors (Lipinski definition) is 2. The fourth-order valence-corrected chi connectivity index (χ4v) is 4.38. The smallest absolute Gasteiger partial charge is 0.328 e. The Morgan fingerprint density at radius 1 is 1.30 bits per heavy atom. The maximum atomic E-state index is 12.0. The summed E-state index contributed by atoms with van der Waals surface area (Å²) in [5.74, 6) is -1.04. The van der Waals surface area contributed by atoms with Crippen LogP contribution in [0.15, 0.2) is 39.2 Å². The average Bonchev–Trinajstić information content (AvgIpc) is 3.05. The van der Waals surface area contributed by atoms with Crippen molar-refractivity contribution in [2.24, 2.45) is 0 Å². The van der Waals surface area contributed by atoms with Crippen molar-refractivity contribution in [3.8, 4) is 0 Å². The zero-order valence-corrected chi connectivity index (χ0v) is 12.6. The maximum Gasteiger partial charge on any atom is 0.328 e. The van der Waals surface area contributed by atoms with Gasteiger partial charge in [-0.3, -0.25) is 0 Å². The number of hydrogen-bond acceptors (Lipinski definition) is 5. The monoisotopic (exact) mass is 329 g/mol. The van der Waals surface area contributed by atoms with E-state index in [1.165, 1.54) is 23.5 Å². The van der Waals surface area contributed by atoms with Crippen LogP contribution in [0.1, 0.15) is 10.4 Å². The second-order valence-electron chi connectivity index (χ2n) is 3.73. The molecule has 2 aromatic heterocycles. The number of nitrogens with one attached hydrogen (secondary N) is 1. The first-order chi connectivity index (χ1) is 9.49. The normalized spacial score (nSPS) is 12.0. The minimum atomic E-state index is -3.51. The molecule has 0 saturated carbocycles. The van der Waals surface area contributed by atoms with E-state index in [2.05, 4.69) is 4.72 Å². The molecule has 0 spiro atoms. The van der Waals surface area contributed by atoms with Crippen molar-refractivity contribution in [1.82, 2.24) is 4.72 Å². The lowest BCUT2D eigenvalue weighted by atomic mass is 10.2. The molecule has 0 aliphatic heterocycles. The highest BCUT2D eigenvalue weighted by molar-refractivity contribution is 7.91. The van der Waals surface area contributed by atoms with Crippen LogP contribution in [0.2, 0.25) is 0 Å². The Labute approximate surface area is 124 Å². The summed E-state index contributed by atoms with van der Waals surface area (Å²) < 4.78 is 26.7. The van der Waals surface area contributed by atoms with Gasteiger partial charge < -0.3 is 5.11 Å². The van der Waals surface area contributed by atoms with Crippen LogP contribution in [-0.2, 0) is 21.4 Å². The van der Waals surface area contributed by atoms with Crippen molar-refractivity contribution < 1.29 is 18.3 Å². The molecule has 2 N–H and O–H groups in total. The molecule has 0 unspecified atom stereocenters. The Morgan fingerprint density at radius 2 is 2.10 bits per heavy atom. The summed E-state index contributed by atoms with van der Waals surface area (Å²) in [6.07, 6.45) is 2.48. The molecular formula is C12H11NO4S3. The van der Waals surface area contributed by atoms with E-state index in [-0.39, 0.29) is 10.8 Å². The lowest BCUT2D eigenvalue weighted by molar-refractivity contribution is -0.131. The minimum absolute atomic E-state index is 0.136. The molecule has 5 nitrogen and oxygen atoms in total. The summed E-state index contributed by atoms with van der Waals surface area (Å²) in [5.41, 5.74) is 0.700. The van der Waals surface area contributed by atoms with Gasteiger partial charge in [-0.05, 0) is 34.5 Å². The summed E-state index contributed by atoms with van der Waals surface area (Å²) in [4.78, 5) is 11.3. The molecule has 2 rings (SSSR count). The second kappa shape index (κ2) is 6.31. The number of carboxylic acids is 1. The summed E-state index contributed by atoms with van der Waals surface area (Å²) in [6.45, 7) is 0.136. The molecule has 0 aliphatic rings. The van der Waals surface area contributed by atoms with Gasteiger partial charge in [-0.2, -0.15) is 0 Å². The maximum absolute atomic E-state index is 12.0. The van der Waals surface area contributed by atoms with E-state index in [1.54, 1.807) is 22.9 Å². The van der Waals surface area contributed by atoms with Gasteiger partial charge in [-0.15, -0.1) is 22.7 Å². The quantitative estimate of drug-likeness (QED) is 0.797. The molecule has 2 heterocycles. The molecule has 8 heteroatoms. The molecule has 0 amide bonds. The topological polar surface area (TPSA) is 83.5 Å². The largest absolute Gasteiger partial charge is 0.478 e. The first-order valence-electron chi connectivity index (χ1n) is 5.49. The van der Waals surface area contributed by atoms with E-state index in [4.69, 9.17) is 5.11 Å².